The maximum Gasteiger partial charge on any atom is 0.235 e. The highest BCUT2D eigenvalue weighted by Gasteiger charge is 2.09. The van der Waals surface area contributed by atoms with Gasteiger partial charge in [-0.3, -0.25) is 4.79 Å². The molecule has 0 spiro atoms. The Morgan fingerprint density at radius 3 is 2.71 bits per heavy atom. The third-order valence-corrected chi connectivity index (χ3v) is 2.27. The van der Waals surface area contributed by atoms with Gasteiger partial charge in [-0.2, -0.15) is 12.6 Å². The first-order valence-electron chi connectivity index (χ1n) is 3.96. The number of carbonyl (C=O) groups is 1. The summed E-state index contributed by atoms with van der Waals surface area (Å²) in [5.74, 6) is 0.767. The van der Waals surface area contributed by atoms with Crippen LogP contribution in [-0.4, -0.2) is 21.6 Å². The monoisotopic (exact) mass is 231 g/mol. The molecule has 14 heavy (non-hydrogen) atoms. The average Bonchev–Trinajstić information content (AvgIpc) is 2.13. The molecule has 0 aliphatic heterocycles. The summed E-state index contributed by atoms with van der Waals surface area (Å²) >= 11 is 9.73. The van der Waals surface area contributed by atoms with Crippen LogP contribution in [0.15, 0.2) is 0 Å². The van der Waals surface area contributed by atoms with E-state index in [9.17, 15) is 4.79 Å². The van der Waals surface area contributed by atoms with E-state index in [0.29, 0.717) is 22.4 Å². The fourth-order valence-electron chi connectivity index (χ4n) is 0.953. The molecule has 0 saturated carbocycles. The predicted molar refractivity (Wildman–Crippen MR) is 59.0 cm³/mol. The Bertz CT molecular complexity index is 370. The predicted octanol–water partition coefficient (Wildman–Crippen LogP) is 1.62. The molecule has 0 saturated heterocycles. The number of hydrogen-bond acceptors (Lipinski definition) is 4. The van der Waals surface area contributed by atoms with Crippen LogP contribution in [0, 0.1) is 13.8 Å². The first kappa shape index (κ1) is 11.3. The molecule has 1 aromatic rings. The average molecular weight is 232 g/mol. The zero-order valence-electron chi connectivity index (χ0n) is 7.83. The van der Waals surface area contributed by atoms with Gasteiger partial charge in [0.05, 0.1) is 11.4 Å². The molecule has 0 unspecified atom stereocenters. The lowest BCUT2D eigenvalue weighted by atomic mass is 10.4. The zero-order valence-corrected chi connectivity index (χ0v) is 9.49. The van der Waals surface area contributed by atoms with E-state index in [1.165, 1.54) is 0 Å². The van der Waals surface area contributed by atoms with Gasteiger partial charge < -0.3 is 5.32 Å². The molecular formula is C8H10ClN3OS. The largest absolute Gasteiger partial charge is 0.309 e. The van der Waals surface area contributed by atoms with Crippen LogP contribution in [0.25, 0.3) is 0 Å². The van der Waals surface area contributed by atoms with Gasteiger partial charge >= 0.3 is 0 Å². The SMILES string of the molecule is Cc1nc(C)c(Cl)c(NC(=O)CS)n1. The van der Waals surface area contributed by atoms with Crippen LogP contribution in [0.2, 0.25) is 5.02 Å². The highest BCUT2D eigenvalue weighted by Crippen LogP contribution is 2.21. The number of aryl methyl sites for hydroxylation is 2. The molecule has 1 N–H and O–H groups in total. The first-order valence-corrected chi connectivity index (χ1v) is 4.97. The van der Waals surface area contributed by atoms with Gasteiger partial charge in [-0.15, -0.1) is 0 Å². The van der Waals surface area contributed by atoms with Crippen molar-refractivity contribution in [3.63, 3.8) is 0 Å². The molecule has 1 aromatic heterocycles. The fourth-order valence-corrected chi connectivity index (χ4v) is 1.16. The van der Waals surface area contributed by atoms with Crippen LogP contribution in [0.3, 0.4) is 0 Å². The lowest BCUT2D eigenvalue weighted by Gasteiger charge is -2.07. The zero-order chi connectivity index (χ0) is 10.7. The number of halogens is 1. The van der Waals surface area contributed by atoms with Crippen molar-refractivity contribution in [2.24, 2.45) is 0 Å². The van der Waals surface area contributed by atoms with Crippen LogP contribution in [0.4, 0.5) is 5.82 Å². The Labute approximate surface area is 92.5 Å². The van der Waals surface area contributed by atoms with Crippen LogP contribution < -0.4 is 5.32 Å². The molecule has 0 aliphatic rings. The second-order valence-corrected chi connectivity index (χ2v) is 3.42. The molecule has 0 atom stereocenters. The maximum absolute atomic E-state index is 11.0. The van der Waals surface area contributed by atoms with E-state index >= 15 is 0 Å². The Hall–Kier alpha value is -0.810. The second kappa shape index (κ2) is 4.61. The molecule has 1 amide bonds. The molecule has 0 radical (unpaired) electrons. The summed E-state index contributed by atoms with van der Waals surface area (Å²) in [6.07, 6.45) is 0. The third-order valence-electron chi connectivity index (χ3n) is 1.53. The van der Waals surface area contributed by atoms with Gasteiger partial charge in [-0.05, 0) is 13.8 Å². The van der Waals surface area contributed by atoms with Crippen LogP contribution in [0.5, 0.6) is 0 Å². The van der Waals surface area contributed by atoms with Crippen molar-refractivity contribution >= 4 is 36.0 Å². The Kier molecular flexibility index (Phi) is 3.71. The van der Waals surface area contributed by atoms with Gasteiger partial charge in [0.25, 0.3) is 0 Å². The van der Waals surface area contributed by atoms with Crippen molar-refractivity contribution < 1.29 is 4.79 Å². The van der Waals surface area contributed by atoms with Crippen molar-refractivity contribution in [3.8, 4) is 0 Å². The van der Waals surface area contributed by atoms with Crippen molar-refractivity contribution in [1.29, 1.82) is 0 Å². The van der Waals surface area contributed by atoms with Gasteiger partial charge in [-0.1, -0.05) is 11.6 Å². The van der Waals surface area contributed by atoms with Gasteiger partial charge in [0.15, 0.2) is 5.82 Å². The van der Waals surface area contributed by atoms with E-state index in [4.69, 9.17) is 11.6 Å². The van der Waals surface area contributed by atoms with E-state index in [1.807, 2.05) is 0 Å². The number of carbonyl (C=O) groups excluding carboxylic acids is 1. The molecule has 4 nitrogen and oxygen atoms in total. The molecule has 0 aromatic carbocycles. The lowest BCUT2D eigenvalue weighted by Crippen LogP contribution is -2.15. The normalized spacial score (nSPS) is 10.0. The highest BCUT2D eigenvalue weighted by atomic mass is 35.5. The van der Waals surface area contributed by atoms with E-state index in [2.05, 4.69) is 27.9 Å². The fraction of sp³-hybridized carbons (Fsp3) is 0.375. The van der Waals surface area contributed by atoms with Gasteiger partial charge in [0.1, 0.15) is 10.8 Å². The third kappa shape index (κ3) is 2.59. The van der Waals surface area contributed by atoms with E-state index in [0.717, 1.165) is 0 Å². The molecule has 0 fully saturated rings. The summed E-state index contributed by atoms with van der Waals surface area (Å²) in [6.45, 7) is 3.49. The topological polar surface area (TPSA) is 54.9 Å². The minimum Gasteiger partial charge on any atom is -0.309 e. The lowest BCUT2D eigenvalue weighted by molar-refractivity contribution is -0.113. The van der Waals surface area contributed by atoms with Crippen molar-refractivity contribution in [1.82, 2.24) is 9.97 Å². The highest BCUT2D eigenvalue weighted by molar-refractivity contribution is 7.81. The van der Waals surface area contributed by atoms with Crippen molar-refractivity contribution in [2.75, 3.05) is 11.1 Å². The van der Waals surface area contributed by atoms with E-state index < -0.39 is 0 Å². The summed E-state index contributed by atoms with van der Waals surface area (Å²) in [6, 6.07) is 0. The van der Waals surface area contributed by atoms with Crippen LogP contribution in [0.1, 0.15) is 11.5 Å². The first-order chi connectivity index (χ1) is 6.54. The summed E-state index contributed by atoms with van der Waals surface area (Å²) in [7, 11) is 0. The Morgan fingerprint density at radius 2 is 2.14 bits per heavy atom. The van der Waals surface area contributed by atoms with Crippen molar-refractivity contribution in [2.45, 2.75) is 13.8 Å². The van der Waals surface area contributed by atoms with Crippen LogP contribution >= 0.6 is 24.2 Å². The van der Waals surface area contributed by atoms with Gasteiger partial charge in [-0.25, -0.2) is 9.97 Å². The molecular weight excluding hydrogens is 222 g/mol. The number of thiol groups is 1. The summed E-state index contributed by atoms with van der Waals surface area (Å²) in [5.41, 5.74) is 0.647. The standard InChI is InChI=1S/C8H10ClN3OS/c1-4-7(9)8(11-5(2)10-4)12-6(13)3-14/h14H,3H2,1-2H3,(H,10,11,12,13). The maximum atomic E-state index is 11.0. The van der Waals surface area contributed by atoms with Crippen molar-refractivity contribution in [3.05, 3.63) is 16.5 Å². The molecule has 76 valence electrons. The van der Waals surface area contributed by atoms with Crippen LogP contribution in [-0.2, 0) is 4.79 Å². The number of amides is 1. The molecule has 0 aliphatic carbocycles. The smallest absolute Gasteiger partial charge is 0.235 e. The van der Waals surface area contributed by atoms with Gasteiger partial charge in [0, 0.05) is 0 Å². The molecule has 1 rings (SSSR count). The number of rotatable bonds is 2. The molecule has 1 heterocycles. The number of anilines is 1. The Balaban J connectivity index is 3.02. The second-order valence-electron chi connectivity index (χ2n) is 2.73. The minimum atomic E-state index is -0.243. The van der Waals surface area contributed by atoms with E-state index in [1.54, 1.807) is 13.8 Å². The molecule has 6 heteroatoms. The quantitative estimate of drug-likeness (QED) is 0.761. The summed E-state index contributed by atoms with van der Waals surface area (Å²) in [4.78, 5) is 19.1. The number of aromatic nitrogens is 2. The Morgan fingerprint density at radius 1 is 1.50 bits per heavy atom. The minimum absolute atomic E-state index is 0.0957. The molecule has 0 bridgehead atoms. The summed E-state index contributed by atoms with van der Waals surface area (Å²) < 4.78 is 0. The summed E-state index contributed by atoms with van der Waals surface area (Å²) in [5, 5.41) is 2.91. The van der Waals surface area contributed by atoms with E-state index in [-0.39, 0.29) is 11.7 Å². The number of hydrogen-bond donors (Lipinski definition) is 2. The number of nitrogens with zero attached hydrogens (tertiary/aromatic N) is 2. The number of nitrogens with one attached hydrogen (secondary N) is 1. The van der Waals surface area contributed by atoms with Gasteiger partial charge in [0.2, 0.25) is 5.91 Å².